The molecular formula is C16H24N2O2S. The molecule has 2 rings (SSSR count). The standard InChI is InChI=1S/C16H24N2O2S/c1-12-8-9-18(10-13(12)2)16(19)17-15-7-5-4-6-14(15)11-21(3)20/h4-7,12-13H,8-11H2,1-3H3,(H,17,19)/t12-,13-,21+/m1/s1. The molecule has 4 nitrogen and oxygen atoms in total. The van der Waals surface area contributed by atoms with E-state index in [1.165, 1.54) is 0 Å². The average molecular weight is 308 g/mol. The number of amides is 2. The van der Waals surface area contributed by atoms with Crippen LogP contribution in [0.5, 0.6) is 0 Å². The predicted octanol–water partition coefficient (Wildman–Crippen LogP) is 3.07. The summed E-state index contributed by atoms with van der Waals surface area (Å²) in [5.41, 5.74) is 1.69. The zero-order valence-electron chi connectivity index (χ0n) is 13.0. The molecule has 0 saturated carbocycles. The molecule has 0 radical (unpaired) electrons. The molecule has 21 heavy (non-hydrogen) atoms. The lowest BCUT2D eigenvalue weighted by molar-refractivity contribution is 0.154. The van der Waals surface area contributed by atoms with Crippen molar-refractivity contribution in [3.63, 3.8) is 0 Å². The molecule has 1 aliphatic heterocycles. The number of anilines is 1. The highest BCUT2D eigenvalue weighted by molar-refractivity contribution is 7.83. The summed E-state index contributed by atoms with van der Waals surface area (Å²) in [4.78, 5) is 14.3. The number of nitrogens with zero attached hydrogens (tertiary/aromatic N) is 1. The molecule has 1 saturated heterocycles. The first-order valence-corrected chi connectivity index (χ1v) is 9.14. The summed E-state index contributed by atoms with van der Waals surface area (Å²) in [6, 6.07) is 7.53. The molecule has 3 atom stereocenters. The van der Waals surface area contributed by atoms with E-state index >= 15 is 0 Å². The van der Waals surface area contributed by atoms with Gasteiger partial charge in [-0.1, -0.05) is 32.0 Å². The fourth-order valence-electron chi connectivity index (χ4n) is 2.63. The fourth-order valence-corrected chi connectivity index (χ4v) is 3.32. The third-order valence-electron chi connectivity index (χ3n) is 4.24. The molecule has 1 fully saturated rings. The molecular weight excluding hydrogens is 284 g/mol. The molecule has 1 aliphatic rings. The van der Waals surface area contributed by atoms with Crippen LogP contribution >= 0.6 is 0 Å². The second-order valence-electron chi connectivity index (χ2n) is 5.99. The van der Waals surface area contributed by atoms with E-state index in [-0.39, 0.29) is 6.03 Å². The van der Waals surface area contributed by atoms with Gasteiger partial charge in [0.1, 0.15) is 0 Å². The SMILES string of the molecule is C[C@@H]1CCN(C(=O)Nc2ccccc2C[S@](C)=O)C[C@H]1C. The molecule has 1 N–H and O–H groups in total. The van der Waals surface area contributed by atoms with Crippen molar-refractivity contribution in [1.82, 2.24) is 4.90 Å². The lowest BCUT2D eigenvalue weighted by Crippen LogP contribution is -2.44. The smallest absolute Gasteiger partial charge is 0.321 e. The van der Waals surface area contributed by atoms with Crippen LogP contribution < -0.4 is 5.32 Å². The average Bonchev–Trinajstić information content (AvgIpc) is 2.43. The number of carbonyl (C=O) groups is 1. The molecule has 1 aromatic carbocycles. The van der Waals surface area contributed by atoms with Crippen LogP contribution in [0.2, 0.25) is 0 Å². The summed E-state index contributed by atoms with van der Waals surface area (Å²) in [6.07, 6.45) is 2.72. The first-order chi connectivity index (χ1) is 9.97. The van der Waals surface area contributed by atoms with Gasteiger partial charge < -0.3 is 10.2 Å². The van der Waals surface area contributed by atoms with Crippen molar-refractivity contribution >= 4 is 22.5 Å². The highest BCUT2D eigenvalue weighted by Crippen LogP contribution is 2.24. The quantitative estimate of drug-likeness (QED) is 0.933. The van der Waals surface area contributed by atoms with Gasteiger partial charge >= 0.3 is 6.03 Å². The summed E-state index contributed by atoms with van der Waals surface area (Å²) in [6.45, 7) is 6.04. The Morgan fingerprint density at radius 3 is 2.71 bits per heavy atom. The third kappa shape index (κ3) is 4.30. The number of hydrogen-bond donors (Lipinski definition) is 1. The number of nitrogens with one attached hydrogen (secondary N) is 1. The minimum atomic E-state index is -0.922. The van der Waals surface area contributed by atoms with Gasteiger partial charge in [0.05, 0.1) is 5.75 Å². The van der Waals surface area contributed by atoms with Gasteiger partial charge in [-0.25, -0.2) is 4.79 Å². The Hall–Kier alpha value is -1.36. The van der Waals surface area contributed by atoms with E-state index in [1.54, 1.807) is 6.26 Å². The molecule has 1 aromatic rings. The van der Waals surface area contributed by atoms with Gasteiger partial charge in [-0.05, 0) is 29.9 Å². The van der Waals surface area contributed by atoms with Crippen LogP contribution in [0, 0.1) is 11.8 Å². The van der Waals surface area contributed by atoms with Crippen LogP contribution in [-0.2, 0) is 16.6 Å². The van der Waals surface area contributed by atoms with Crippen molar-refractivity contribution in [3.05, 3.63) is 29.8 Å². The maximum Gasteiger partial charge on any atom is 0.321 e. The molecule has 0 spiro atoms. The van der Waals surface area contributed by atoms with E-state index in [2.05, 4.69) is 19.2 Å². The lowest BCUT2D eigenvalue weighted by atomic mass is 9.89. The number of piperidine rings is 1. The van der Waals surface area contributed by atoms with E-state index in [4.69, 9.17) is 0 Å². The normalized spacial score (nSPS) is 23.7. The molecule has 2 amide bonds. The number of urea groups is 1. The Morgan fingerprint density at radius 2 is 2.05 bits per heavy atom. The van der Waals surface area contributed by atoms with Gasteiger partial charge in [0, 0.05) is 35.8 Å². The zero-order chi connectivity index (χ0) is 15.4. The van der Waals surface area contributed by atoms with Crippen LogP contribution in [0.1, 0.15) is 25.8 Å². The summed E-state index contributed by atoms with van der Waals surface area (Å²) in [5, 5.41) is 2.97. The van der Waals surface area contributed by atoms with Crippen molar-refractivity contribution in [2.24, 2.45) is 11.8 Å². The second-order valence-corrected chi connectivity index (χ2v) is 7.43. The molecule has 5 heteroatoms. The zero-order valence-corrected chi connectivity index (χ0v) is 13.8. The van der Waals surface area contributed by atoms with E-state index in [0.717, 1.165) is 30.8 Å². The topological polar surface area (TPSA) is 49.4 Å². The Balaban J connectivity index is 2.04. The molecule has 0 unspecified atom stereocenters. The number of hydrogen-bond acceptors (Lipinski definition) is 2. The van der Waals surface area contributed by atoms with Gasteiger partial charge in [0.15, 0.2) is 0 Å². The monoisotopic (exact) mass is 308 g/mol. The van der Waals surface area contributed by atoms with Gasteiger partial charge in [0.2, 0.25) is 0 Å². The van der Waals surface area contributed by atoms with Crippen molar-refractivity contribution < 1.29 is 9.00 Å². The Kier molecular flexibility index (Phi) is 5.39. The molecule has 1 heterocycles. The van der Waals surface area contributed by atoms with Crippen LogP contribution in [0.25, 0.3) is 0 Å². The van der Waals surface area contributed by atoms with Crippen LogP contribution in [0.15, 0.2) is 24.3 Å². The van der Waals surface area contributed by atoms with Crippen LogP contribution in [0.4, 0.5) is 10.5 Å². The number of carbonyl (C=O) groups excluding carboxylic acids is 1. The molecule has 0 aromatic heterocycles. The van der Waals surface area contributed by atoms with Crippen molar-refractivity contribution in [1.29, 1.82) is 0 Å². The lowest BCUT2D eigenvalue weighted by Gasteiger charge is -2.35. The largest absolute Gasteiger partial charge is 0.324 e. The second kappa shape index (κ2) is 7.07. The number of rotatable bonds is 3. The van der Waals surface area contributed by atoms with Crippen molar-refractivity contribution in [2.45, 2.75) is 26.0 Å². The van der Waals surface area contributed by atoms with E-state index in [1.807, 2.05) is 29.2 Å². The van der Waals surface area contributed by atoms with Crippen molar-refractivity contribution in [2.75, 3.05) is 24.7 Å². The summed E-state index contributed by atoms with van der Waals surface area (Å²) >= 11 is 0. The van der Waals surface area contributed by atoms with Gasteiger partial charge in [0.25, 0.3) is 0 Å². The minimum Gasteiger partial charge on any atom is -0.324 e. The molecule has 0 bridgehead atoms. The van der Waals surface area contributed by atoms with Gasteiger partial charge in [-0.2, -0.15) is 0 Å². The van der Waals surface area contributed by atoms with E-state index in [0.29, 0.717) is 17.6 Å². The maximum atomic E-state index is 12.4. The van der Waals surface area contributed by atoms with Crippen LogP contribution in [0.3, 0.4) is 0 Å². The summed E-state index contributed by atoms with van der Waals surface area (Å²) in [7, 11) is -0.922. The maximum absolute atomic E-state index is 12.4. The molecule has 0 aliphatic carbocycles. The van der Waals surface area contributed by atoms with Crippen molar-refractivity contribution in [3.8, 4) is 0 Å². The minimum absolute atomic E-state index is 0.0527. The summed E-state index contributed by atoms with van der Waals surface area (Å²) in [5.74, 6) is 1.66. The summed E-state index contributed by atoms with van der Waals surface area (Å²) < 4.78 is 11.4. The van der Waals surface area contributed by atoms with Gasteiger partial charge in [-0.3, -0.25) is 4.21 Å². The number of benzene rings is 1. The fraction of sp³-hybridized carbons (Fsp3) is 0.562. The predicted molar refractivity (Wildman–Crippen MR) is 87.7 cm³/mol. The third-order valence-corrected chi connectivity index (χ3v) is 4.96. The Bertz CT molecular complexity index is 533. The Morgan fingerprint density at radius 1 is 1.33 bits per heavy atom. The number of para-hydroxylation sites is 1. The van der Waals surface area contributed by atoms with E-state index < -0.39 is 10.8 Å². The van der Waals surface area contributed by atoms with Crippen LogP contribution in [-0.4, -0.2) is 34.5 Å². The first kappa shape index (κ1) is 16.0. The highest BCUT2D eigenvalue weighted by Gasteiger charge is 2.26. The number of likely N-dealkylation sites (tertiary alicyclic amines) is 1. The van der Waals surface area contributed by atoms with Gasteiger partial charge in [-0.15, -0.1) is 0 Å². The van der Waals surface area contributed by atoms with E-state index in [9.17, 15) is 9.00 Å². The first-order valence-electron chi connectivity index (χ1n) is 7.41. The molecule has 116 valence electrons. The highest BCUT2D eigenvalue weighted by atomic mass is 32.2. The Labute approximate surface area is 129 Å².